The molecule has 2 aromatic carbocycles. The maximum atomic E-state index is 14.0. The van der Waals surface area contributed by atoms with Crippen molar-refractivity contribution in [2.75, 3.05) is 19.7 Å². The van der Waals surface area contributed by atoms with E-state index in [4.69, 9.17) is 23.8 Å². The second kappa shape index (κ2) is 19.8. The maximum Gasteiger partial charge on any atom is 0.407 e. The summed E-state index contributed by atoms with van der Waals surface area (Å²) in [6.07, 6.45) is -8.72. The minimum atomic E-state index is -1.39. The number of hydroxylamine groups is 2. The van der Waals surface area contributed by atoms with E-state index in [9.17, 15) is 39.9 Å². The Hall–Kier alpha value is -3.87. The molecular formula is C39H55N3O13. The lowest BCUT2D eigenvalue weighted by atomic mass is 9.68. The molecule has 304 valence electrons. The van der Waals surface area contributed by atoms with E-state index in [0.29, 0.717) is 12.8 Å². The predicted molar refractivity (Wildman–Crippen MR) is 195 cm³/mol. The van der Waals surface area contributed by atoms with E-state index >= 15 is 0 Å². The Morgan fingerprint density at radius 2 is 1.53 bits per heavy atom. The van der Waals surface area contributed by atoms with Gasteiger partial charge < -0.3 is 60.0 Å². The number of alkyl carbamates (subject to hydrolysis) is 1. The quantitative estimate of drug-likeness (QED) is 0.153. The third-order valence-corrected chi connectivity index (χ3v) is 10.7. The highest BCUT2D eigenvalue weighted by molar-refractivity contribution is 5.90. The van der Waals surface area contributed by atoms with E-state index in [1.165, 1.54) is 12.1 Å². The molecule has 16 nitrogen and oxygen atoms in total. The van der Waals surface area contributed by atoms with Gasteiger partial charge in [0.05, 0.1) is 55.3 Å². The predicted octanol–water partition coefficient (Wildman–Crippen LogP) is 1.86. The van der Waals surface area contributed by atoms with Crippen molar-refractivity contribution in [3.63, 3.8) is 0 Å². The second-order valence-corrected chi connectivity index (χ2v) is 14.7. The molecule has 55 heavy (non-hydrogen) atoms. The Morgan fingerprint density at radius 3 is 2.20 bits per heavy atom. The van der Waals surface area contributed by atoms with Crippen LogP contribution in [0.4, 0.5) is 9.59 Å². The summed E-state index contributed by atoms with van der Waals surface area (Å²) in [6.45, 7) is 4.77. The normalized spacial score (nSPS) is 33.6. The fourth-order valence-electron chi connectivity index (χ4n) is 7.74. The number of hydrogen-bond acceptors (Lipinski definition) is 13. The zero-order valence-corrected chi connectivity index (χ0v) is 31.4. The van der Waals surface area contributed by atoms with E-state index in [2.05, 4.69) is 10.6 Å². The highest BCUT2D eigenvalue weighted by Crippen LogP contribution is 2.42. The topological polar surface area (TPSA) is 226 Å². The van der Waals surface area contributed by atoms with Crippen molar-refractivity contribution in [1.82, 2.24) is 15.7 Å². The summed E-state index contributed by atoms with van der Waals surface area (Å²) in [7, 11) is 0. The minimum absolute atomic E-state index is 0.0201. The van der Waals surface area contributed by atoms with Crippen molar-refractivity contribution in [2.45, 2.75) is 114 Å². The summed E-state index contributed by atoms with van der Waals surface area (Å²) in [6, 6.07) is 15.3. The summed E-state index contributed by atoms with van der Waals surface area (Å²) in [4.78, 5) is 45.2. The van der Waals surface area contributed by atoms with Gasteiger partial charge in [-0.25, -0.2) is 14.4 Å². The van der Waals surface area contributed by atoms with Crippen molar-refractivity contribution < 1.29 is 63.7 Å². The van der Waals surface area contributed by atoms with Crippen LogP contribution >= 0.6 is 0 Å². The van der Waals surface area contributed by atoms with Gasteiger partial charge in [0.2, 0.25) is 0 Å². The monoisotopic (exact) mass is 773 g/mol. The summed E-state index contributed by atoms with van der Waals surface area (Å²) in [5.74, 6) is -1.79. The Morgan fingerprint density at radius 1 is 0.855 bits per heavy atom. The number of aliphatic hydroxyl groups is 5. The smallest absolute Gasteiger partial charge is 0.407 e. The molecule has 2 aromatic rings. The van der Waals surface area contributed by atoms with Crippen LogP contribution in [-0.2, 0) is 30.4 Å². The lowest BCUT2D eigenvalue weighted by Gasteiger charge is -2.51. The Bertz CT molecular complexity index is 1520. The van der Waals surface area contributed by atoms with Gasteiger partial charge in [-0.3, -0.25) is 0 Å². The number of rotatable bonds is 12. The van der Waals surface area contributed by atoms with Crippen LogP contribution in [0.5, 0.6) is 0 Å². The molecule has 13 unspecified atom stereocenters. The molecule has 2 heterocycles. The Kier molecular flexibility index (Phi) is 15.2. The minimum Gasteiger partial charge on any atom is -0.445 e. The van der Waals surface area contributed by atoms with Crippen molar-refractivity contribution in [2.24, 2.45) is 17.8 Å². The number of nitrogens with one attached hydrogen (secondary N) is 2. The van der Waals surface area contributed by atoms with Gasteiger partial charge in [0.15, 0.2) is 6.29 Å². The summed E-state index contributed by atoms with van der Waals surface area (Å²) in [5, 5.41) is 59.9. The number of hydrogen-bond donors (Lipinski definition) is 7. The Balaban J connectivity index is 1.35. The van der Waals surface area contributed by atoms with E-state index in [-0.39, 0.29) is 49.9 Å². The molecule has 7 N–H and O–H groups in total. The number of carbonyl (C=O) groups excluding carboxylic acids is 3. The highest BCUT2D eigenvalue weighted by Gasteiger charge is 2.52. The number of aliphatic hydroxyl groups excluding tert-OH is 5. The third kappa shape index (κ3) is 10.9. The van der Waals surface area contributed by atoms with Gasteiger partial charge in [0, 0.05) is 18.9 Å². The molecule has 3 amide bonds. The highest BCUT2D eigenvalue weighted by atomic mass is 16.7. The molecule has 3 fully saturated rings. The standard InChI is InChI=1S/C39H55N3O13/c1-4-30-27(44)18-23(3)34(52-30)32-22(2)17-26(35(33(32)47)54-37-29(46)19-28(45)31(20-43)53-37)41-38(49)42(55-36(48)25-13-9-6-10-14-25)16-15-40-39(50)51-21-24-11-7-5-8-12-24/h5-14,22-23,26-35,37,43-47H,4,15-21H2,1-3H3,(H,40,50)(H,41,49). The summed E-state index contributed by atoms with van der Waals surface area (Å²) < 4.78 is 23.6. The molecule has 3 aliphatic rings. The fraction of sp³-hybridized carbons (Fsp3) is 0.615. The van der Waals surface area contributed by atoms with Crippen molar-refractivity contribution >= 4 is 18.1 Å². The van der Waals surface area contributed by atoms with Crippen molar-refractivity contribution in [1.29, 1.82) is 0 Å². The van der Waals surface area contributed by atoms with Crippen LogP contribution in [0.2, 0.25) is 0 Å². The number of nitrogens with zero attached hydrogens (tertiary/aromatic N) is 1. The number of benzene rings is 2. The molecule has 5 rings (SSSR count). The molecular weight excluding hydrogens is 718 g/mol. The first-order valence-electron chi connectivity index (χ1n) is 19.0. The van der Waals surface area contributed by atoms with Crippen LogP contribution in [0, 0.1) is 17.8 Å². The molecule has 2 aliphatic heterocycles. The summed E-state index contributed by atoms with van der Waals surface area (Å²) >= 11 is 0. The number of urea groups is 1. The number of ether oxygens (including phenoxy) is 4. The number of amides is 3. The van der Waals surface area contributed by atoms with Gasteiger partial charge in [0.25, 0.3) is 0 Å². The largest absolute Gasteiger partial charge is 0.445 e. The average molecular weight is 774 g/mol. The van der Waals surface area contributed by atoms with Gasteiger partial charge in [0.1, 0.15) is 24.9 Å². The van der Waals surface area contributed by atoms with Crippen LogP contribution in [-0.4, -0.2) is 130 Å². The second-order valence-electron chi connectivity index (χ2n) is 14.7. The molecule has 0 aromatic heterocycles. The molecule has 16 heteroatoms. The maximum absolute atomic E-state index is 14.0. The van der Waals surface area contributed by atoms with Crippen LogP contribution in [0.1, 0.15) is 62.4 Å². The molecule has 1 saturated carbocycles. The van der Waals surface area contributed by atoms with Gasteiger partial charge in [-0.1, -0.05) is 69.3 Å². The first kappa shape index (κ1) is 42.3. The van der Waals surface area contributed by atoms with Crippen molar-refractivity contribution in [3.05, 3.63) is 71.8 Å². The average Bonchev–Trinajstić information content (AvgIpc) is 3.17. The lowest BCUT2D eigenvalue weighted by molar-refractivity contribution is -0.304. The van der Waals surface area contributed by atoms with Gasteiger partial charge in [-0.2, -0.15) is 5.06 Å². The zero-order valence-electron chi connectivity index (χ0n) is 31.4. The molecule has 13 atom stereocenters. The molecule has 0 bridgehead atoms. The fourth-order valence-corrected chi connectivity index (χ4v) is 7.74. The Labute approximate surface area is 320 Å². The lowest BCUT2D eigenvalue weighted by Crippen LogP contribution is -2.64. The molecule has 0 radical (unpaired) electrons. The van der Waals surface area contributed by atoms with E-state index in [1.807, 2.05) is 39.0 Å². The van der Waals surface area contributed by atoms with Crippen molar-refractivity contribution in [3.8, 4) is 0 Å². The number of carbonyl (C=O) groups is 3. The van der Waals surface area contributed by atoms with Gasteiger partial charge >= 0.3 is 18.1 Å². The summed E-state index contributed by atoms with van der Waals surface area (Å²) in [5.41, 5.74) is 0.947. The van der Waals surface area contributed by atoms with E-state index in [0.717, 1.165) is 10.6 Å². The first-order valence-corrected chi connectivity index (χ1v) is 19.0. The first-order chi connectivity index (χ1) is 26.4. The molecule has 1 aliphatic carbocycles. The molecule has 2 saturated heterocycles. The molecule has 0 spiro atoms. The van der Waals surface area contributed by atoms with Crippen LogP contribution < -0.4 is 10.6 Å². The SMILES string of the molecule is CCC1OC(C2C(C)CC(NC(=O)N(CCNC(=O)OCc3ccccc3)OC(=O)c3ccccc3)C(OC3OC(CO)C(O)CC3O)C2O)C(C)CC1O. The van der Waals surface area contributed by atoms with E-state index in [1.54, 1.807) is 30.3 Å². The van der Waals surface area contributed by atoms with E-state index < -0.39 is 91.8 Å². The van der Waals surface area contributed by atoms with Gasteiger partial charge in [-0.15, -0.1) is 0 Å². The zero-order chi connectivity index (χ0) is 39.6. The van der Waals surface area contributed by atoms with Crippen LogP contribution in [0.3, 0.4) is 0 Å². The van der Waals surface area contributed by atoms with Gasteiger partial charge in [-0.05, 0) is 48.8 Å². The van der Waals surface area contributed by atoms with Crippen LogP contribution in [0.25, 0.3) is 0 Å². The van der Waals surface area contributed by atoms with Crippen LogP contribution in [0.15, 0.2) is 60.7 Å². The third-order valence-electron chi connectivity index (χ3n) is 10.7.